The zero-order chi connectivity index (χ0) is 11.8. The minimum absolute atomic E-state index is 0.00908. The standard InChI is InChI=1S/C12H17NO2S/c1-10(11-5-3-2-4-6-11)13-12(15)9-16-8-7-14/h2-6,10,14H,7-9H2,1H3,(H,13,15). The van der Waals surface area contributed by atoms with E-state index in [1.165, 1.54) is 11.8 Å². The van der Waals surface area contributed by atoms with Gasteiger partial charge in [-0.05, 0) is 12.5 Å². The number of carbonyl (C=O) groups excluding carboxylic acids is 1. The van der Waals surface area contributed by atoms with E-state index in [1.54, 1.807) is 0 Å². The lowest BCUT2D eigenvalue weighted by atomic mass is 10.1. The van der Waals surface area contributed by atoms with Gasteiger partial charge in [-0.1, -0.05) is 30.3 Å². The minimum Gasteiger partial charge on any atom is -0.396 e. The molecule has 1 atom stereocenters. The Labute approximate surface area is 100 Å². The Hall–Kier alpha value is -1.00. The van der Waals surface area contributed by atoms with E-state index in [9.17, 15) is 4.79 Å². The molecule has 1 unspecified atom stereocenters. The van der Waals surface area contributed by atoms with Crippen LogP contribution in [0.2, 0.25) is 0 Å². The van der Waals surface area contributed by atoms with Crippen LogP contribution in [0.3, 0.4) is 0 Å². The van der Waals surface area contributed by atoms with E-state index in [2.05, 4.69) is 5.32 Å². The van der Waals surface area contributed by atoms with Gasteiger partial charge in [0.1, 0.15) is 0 Å². The molecule has 1 amide bonds. The molecule has 0 aliphatic rings. The van der Waals surface area contributed by atoms with Gasteiger partial charge in [0.15, 0.2) is 0 Å². The number of carbonyl (C=O) groups is 1. The van der Waals surface area contributed by atoms with Gasteiger partial charge < -0.3 is 10.4 Å². The van der Waals surface area contributed by atoms with Crippen LogP contribution in [0.15, 0.2) is 30.3 Å². The molecule has 88 valence electrons. The van der Waals surface area contributed by atoms with Gasteiger partial charge in [-0.15, -0.1) is 11.8 Å². The summed E-state index contributed by atoms with van der Waals surface area (Å²) in [6.45, 7) is 2.08. The van der Waals surface area contributed by atoms with Gasteiger partial charge in [0.05, 0.1) is 18.4 Å². The van der Waals surface area contributed by atoms with Crippen LogP contribution in [0.1, 0.15) is 18.5 Å². The van der Waals surface area contributed by atoms with Crippen molar-refractivity contribution < 1.29 is 9.90 Å². The molecule has 0 saturated carbocycles. The summed E-state index contributed by atoms with van der Waals surface area (Å²) >= 11 is 1.44. The van der Waals surface area contributed by atoms with Crippen molar-refractivity contribution in [2.75, 3.05) is 18.1 Å². The molecule has 3 nitrogen and oxygen atoms in total. The zero-order valence-electron chi connectivity index (χ0n) is 9.35. The number of nitrogens with one attached hydrogen (secondary N) is 1. The van der Waals surface area contributed by atoms with E-state index in [0.29, 0.717) is 11.5 Å². The van der Waals surface area contributed by atoms with Gasteiger partial charge in [0.2, 0.25) is 5.91 Å². The van der Waals surface area contributed by atoms with Gasteiger partial charge in [-0.2, -0.15) is 0 Å². The fourth-order valence-electron chi connectivity index (χ4n) is 1.34. The summed E-state index contributed by atoms with van der Waals surface area (Å²) < 4.78 is 0. The highest BCUT2D eigenvalue weighted by molar-refractivity contribution is 7.99. The molecule has 0 fully saturated rings. The molecule has 1 rings (SSSR count). The van der Waals surface area contributed by atoms with Crippen LogP contribution in [-0.4, -0.2) is 29.1 Å². The minimum atomic E-state index is 0.00908. The predicted molar refractivity (Wildman–Crippen MR) is 67.4 cm³/mol. The maximum atomic E-state index is 11.5. The largest absolute Gasteiger partial charge is 0.396 e. The van der Waals surface area contributed by atoms with Crippen molar-refractivity contribution in [2.45, 2.75) is 13.0 Å². The van der Waals surface area contributed by atoms with Gasteiger partial charge in [-0.3, -0.25) is 4.79 Å². The lowest BCUT2D eigenvalue weighted by molar-refractivity contribution is -0.119. The number of hydrogen-bond donors (Lipinski definition) is 2. The highest BCUT2D eigenvalue weighted by Crippen LogP contribution is 2.11. The summed E-state index contributed by atoms with van der Waals surface area (Å²) in [4.78, 5) is 11.5. The second-order valence-electron chi connectivity index (χ2n) is 3.48. The highest BCUT2D eigenvalue weighted by atomic mass is 32.2. The Balaban J connectivity index is 2.34. The average Bonchev–Trinajstić information content (AvgIpc) is 2.30. The molecule has 16 heavy (non-hydrogen) atoms. The first-order valence-corrected chi connectivity index (χ1v) is 6.42. The Kier molecular flexibility index (Phi) is 5.96. The monoisotopic (exact) mass is 239 g/mol. The van der Waals surface area contributed by atoms with Crippen molar-refractivity contribution in [1.29, 1.82) is 0 Å². The van der Waals surface area contributed by atoms with Crippen molar-refractivity contribution in [3.8, 4) is 0 Å². The van der Waals surface area contributed by atoms with Crippen molar-refractivity contribution >= 4 is 17.7 Å². The van der Waals surface area contributed by atoms with E-state index in [4.69, 9.17) is 5.11 Å². The van der Waals surface area contributed by atoms with E-state index in [0.717, 1.165) is 5.56 Å². The topological polar surface area (TPSA) is 49.3 Å². The highest BCUT2D eigenvalue weighted by Gasteiger charge is 2.08. The normalized spacial score (nSPS) is 12.1. The second-order valence-corrected chi connectivity index (χ2v) is 4.58. The molecule has 0 aliphatic heterocycles. The third-order valence-electron chi connectivity index (χ3n) is 2.15. The summed E-state index contributed by atoms with van der Waals surface area (Å²) in [5.41, 5.74) is 1.10. The smallest absolute Gasteiger partial charge is 0.230 e. The molecule has 0 aliphatic carbocycles. The second kappa shape index (κ2) is 7.30. The molecule has 0 saturated heterocycles. The molecule has 0 spiro atoms. The van der Waals surface area contributed by atoms with Crippen molar-refractivity contribution in [2.24, 2.45) is 0 Å². The van der Waals surface area contributed by atoms with Crippen LogP contribution < -0.4 is 5.32 Å². The van der Waals surface area contributed by atoms with Crippen LogP contribution in [0.5, 0.6) is 0 Å². The summed E-state index contributed by atoms with van der Waals surface area (Å²) in [6.07, 6.45) is 0. The van der Waals surface area contributed by atoms with Crippen LogP contribution in [0.25, 0.3) is 0 Å². The first-order valence-electron chi connectivity index (χ1n) is 5.27. The Morgan fingerprint density at radius 1 is 1.44 bits per heavy atom. The van der Waals surface area contributed by atoms with Crippen molar-refractivity contribution in [3.63, 3.8) is 0 Å². The predicted octanol–water partition coefficient (Wildman–Crippen LogP) is 1.59. The summed E-state index contributed by atoms with van der Waals surface area (Å²) in [6, 6.07) is 9.88. The number of benzene rings is 1. The maximum absolute atomic E-state index is 11.5. The van der Waals surface area contributed by atoms with Gasteiger partial charge in [0.25, 0.3) is 0 Å². The van der Waals surface area contributed by atoms with Gasteiger partial charge >= 0.3 is 0 Å². The van der Waals surface area contributed by atoms with Crippen LogP contribution in [-0.2, 0) is 4.79 Å². The number of hydrogen-bond acceptors (Lipinski definition) is 3. The SMILES string of the molecule is CC(NC(=O)CSCCO)c1ccccc1. The summed E-state index contributed by atoms with van der Waals surface area (Å²) in [5.74, 6) is 1.01. The number of amides is 1. The van der Waals surface area contributed by atoms with Gasteiger partial charge in [0, 0.05) is 5.75 Å². The lowest BCUT2D eigenvalue weighted by Gasteiger charge is -2.13. The Bertz CT molecular complexity index is 316. The van der Waals surface area contributed by atoms with Crippen LogP contribution >= 0.6 is 11.8 Å². The van der Waals surface area contributed by atoms with Crippen molar-refractivity contribution in [1.82, 2.24) is 5.32 Å². The van der Waals surface area contributed by atoms with E-state index >= 15 is 0 Å². The molecule has 0 heterocycles. The molecule has 0 bridgehead atoms. The van der Waals surface area contributed by atoms with Crippen molar-refractivity contribution in [3.05, 3.63) is 35.9 Å². The third-order valence-corrected chi connectivity index (χ3v) is 3.08. The van der Waals surface area contributed by atoms with Crippen LogP contribution in [0, 0.1) is 0 Å². The molecule has 0 aromatic heterocycles. The molecular formula is C12H17NO2S. The third kappa shape index (κ3) is 4.68. The lowest BCUT2D eigenvalue weighted by Crippen LogP contribution is -2.28. The van der Waals surface area contributed by atoms with E-state index in [1.807, 2.05) is 37.3 Å². The molecule has 1 aromatic carbocycles. The molecule has 0 radical (unpaired) electrons. The quantitative estimate of drug-likeness (QED) is 0.741. The van der Waals surface area contributed by atoms with E-state index in [-0.39, 0.29) is 18.6 Å². The van der Waals surface area contributed by atoms with E-state index < -0.39 is 0 Å². The molecule has 1 aromatic rings. The maximum Gasteiger partial charge on any atom is 0.230 e. The number of thioether (sulfide) groups is 1. The number of rotatable bonds is 6. The number of aliphatic hydroxyl groups excluding tert-OH is 1. The molecular weight excluding hydrogens is 222 g/mol. The van der Waals surface area contributed by atoms with Gasteiger partial charge in [-0.25, -0.2) is 0 Å². The molecule has 2 N–H and O–H groups in total. The summed E-state index contributed by atoms with van der Waals surface area (Å²) in [5, 5.41) is 11.5. The fourth-order valence-corrected chi connectivity index (χ4v) is 1.88. The fraction of sp³-hybridized carbons (Fsp3) is 0.417. The van der Waals surface area contributed by atoms with Crippen LogP contribution in [0.4, 0.5) is 0 Å². The zero-order valence-corrected chi connectivity index (χ0v) is 10.2. The number of aliphatic hydroxyl groups is 1. The Morgan fingerprint density at radius 3 is 2.75 bits per heavy atom. The summed E-state index contributed by atoms with van der Waals surface area (Å²) in [7, 11) is 0. The first-order chi connectivity index (χ1) is 7.74. The Morgan fingerprint density at radius 2 is 2.12 bits per heavy atom. The first kappa shape index (κ1) is 13.1. The average molecular weight is 239 g/mol. The molecule has 4 heteroatoms.